The molecule has 0 saturated heterocycles. The van der Waals surface area contributed by atoms with Crippen LogP contribution >= 0.6 is 34.8 Å². The van der Waals surface area contributed by atoms with Crippen LogP contribution in [0.1, 0.15) is 15.9 Å². The van der Waals surface area contributed by atoms with Crippen LogP contribution in [-0.4, -0.2) is 5.91 Å². The van der Waals surface area contributed by atoms with Gasteiger partial charge < -0.3 is 11.1 Å². The van der Waals surface area contributed by atoms with Crippen LogP contribution in [0.15, 0.2) is 30.3 Å². The van der Waals surface area contributed by atoms with Gasteiger partial charge in [-0.15, -0.1) is 0 Å². The average molecular weight is 330 g/mol. The molecule has 0 bridgehead atoms. The van der Waals surface area contributed by atoms with Crippen LogP contribution in [0.25, 0.3) is 0 Å². The predicted octanol–water partition coefficient (Wildman–Crippen LogP) is 4.79. The number of rotatable bonds is 2. The first kappa shape index (κ1) is 15.0. The summed E-state index contributed by atoms with van der Waals surface area (Å²) in [5.74, 6) is -0.399. The minimum atomic E-state index is -0.399. The molecular weight excluding hydrogens is 319 g/mol. The number of nitrogen functional groups attached to an aromatic ring is 1. The van der Waals surface area contributed by atoms with Gasteiger partial charge in [-0.05, 0) is 42.8 Å². The Hall–Kier alpha value is -1.42. The smallest absolute Gasteiger partial charge is 0.257 e. The Balaban J connectivity index is 2.32. The zero-order valence-corrected chi connectivity index (χ0v) is 12.8. The van der Waals surface area contributed by atoms with Gasteiger partial charge in [0.05, 0.1) is 21.3 Å². The number of halogens is 3. The van der Waals surface area contributed by atoms with Crippen molar-refractivity contribution < 1.29 is 4.79 Å². The van der Waals surface area contributed by atoms with Crippen LogP contribution < -0.4 is 11.1 Å². The van der Waals surface area contributed by atoms with Crippen LogP contribution in [-0.2, 0) is 0 Å². The zero-order valence-electron chi connectivity index (χ0n) is 10.5. The summed E-state index contributed by atoms with van der Waals surface area (Å²) in [5.41, 5.74) is 7.63. The largest absolute Gasteiger partial charge is 0.399 e. The molecule has 2 rings (SSSR count). The molecule has 0 spiro atoms. The SMILES string of the molecule is Cc1cc(Cl)c(NC(=O)c2cc(N)ccc2Cl)cc1Cl. The molecule has 0 heterocycles. The summed E-state index contributed by atoms with van der Waals surface area (Å²) < 4.78 is 0. The quantitative estimate of drug-likeness (QED) is 0.778. The monoisotopic (exact) mass is 328 g/mol. The van der Waals surface area contributed by atoms with E-state index in [0.717, 1.165) is 5.56 Å². The summed E-state index contributed by atoms with van der Waals surface area (Å²) >= 11 is 18.1. The van der Waals surface area contributed by atoms with Crippen LogP contribution in [0.2, 0.25) is 15.1 Å². The van der Waals surface area contributed by atoms with E-state index in [1.807, 2.05) is 6.92 Å². The number of nitrogens with one attached hydrogen (secondary N) is 1. The average Bonchev–Trinajstić information content (AvgIpc) is 2.38. The van der Waals surface area contributed by atoms with Crippen molar-refractivity contribution >= 4 is 52.1 Å². The van der Waals surface area contributed by atoms with E-state index in [2.05, 4.69) is 5.32 Å². The molecule has 2 aromatic carbocycles. The first-order chi connectivity index (χ1) is 9.38. The lowest BCUT2D eigenvalue weighted by Gasteiger charge is -2.10. The van der Waals surface area contributed by atoms with Crippen molar-refractivity contribution in [3.05, 3.63) is 56.5 Å². The molecular formula is C14H11Cl3N2O. The van der Waals surface area contributed by atoms with Crippen molar-refractivity contribution in [2.45, 2.75) is 6.92 Å². The summed E-state index contributed by atoms with van der Waals surface area (Å²) in [7, 11) is 0. The van der Waals surface area contributed by atoms with Gasteiger partial charge >= 0.3 is 0 Å². The van der Waals surface area contributed by atoms with E-state index in [1.165, 1.54) is 6.07 Å². The summed E-state index contributed by atoms with van der Waals surface area (Å²) in [4.78, 5) is 12.2. The van der Waals surface area contributed by atoms with Gasteiger partial charge in [0.2, 0.25) is 0 Å². The lowest BCUT2D eigenvalue weighted by Crippen LogP contribution is -2.13. The molecule has 6 heteroatoms. The molecule has 0 saturated carbocycles. The molecule has 0 aliphatic rings. The summed E-state index contributed by atoms with van der Waals surface area (Å²) in [5, 5.41) is 3.90. The number of aryl methyl sites for hydroxylation is 1. The van der Waals surface area contributed by atoms with Gasteiger partial charge in [-0.2, -0.15) is 0 Å². The van der Waals surface area contributed by atoms with E-state index < -0.39 is 5.91 Å². The van der Waals surface area contributed by atoms with Gasteiger partial charge in [0.25, 0.3) is 5.91 Å². The van der Waals surface area contributed by atoms with Gasteiger partial charge in [-0.3, -0.25) is 4.79 Å². The normalized spacial score (nSPS) is 10.4. The van der Waals surface area contributed by atoms with E-state index in [0.29, 0.717) is 26.4 Å². The Labute approximate surface area is 131 Å². The highest BCUT2D eigenvalue weighted by atomic mass is 35.5. The Kier molecular flexibility index (Phi) is 4.43. The third kappa shape index (κ3) is 3.18. The lowest BCUT2D eigenvalue weighted by molar-refractivity contribution is 0.102. The fourth-order valence-electron chi connectivity index (χ4n) is 1.65. The molecule has 3 nitrogen and oxygen atoms in total. The van der Waals surface area contributed by atoms with E-state index >= 15 is 0 Å². The molecule has 3 N–H and O–H groups in total. The molecule has 0 aliphatic carbocycles. The maximum Gasteiger partial charge on any atom is 0.257 e. The maximum atomic E-state index is 12.2. The molecule has 1 amide bonds. The number of benzene rings is 2. The topological polar surface area (TPSA) is 55.1 Å². The molecule has 2 aromatic rings. The highest BCUT2D eigenvalue weighted by Gasteiger charge is 2.13. The van der Waals surface area contributed by atoms with Crippen molar-refractivity contribution in [3.8, 4) is 0 Å². The Morgan fingerprint density at radius 1 is 1.05 bits per heavy atom. The predicted molar refractivity (Wildman–Crippen MR) is 85.0 cm³/mol. The zero-order chi connectivity index (χ0) is 14.9. The maximum absolute atomic E-state index is 12.2. The van der Waals surface area contributed by atoms with Gasteiger partial charge in [-0.25, -0.2) is 0 Å². The number of amides is 1. The first-order valence-electron chi connectivity index (χ1n) is 5.70. The summed E-state index contributed by atoms with van der Waals surface area (Å²) in [6, 6.07) is 7.96. The number of anilines is 2. The molecule has 0 radical (unpaired) electrons. The van der Waals surface area contributed by atoms with Crippen LogP contribution in [0.5, 0.6) is 0 Å². The molecule has 104 valence electrons. The number of carbonyl (C=O) groups is 1. The number of hydrogen-bond donors (Lipinski definition) is 2. The van der Waals surface area contributed by atoms with Crippen molar-refractivity contribution in [3.63, 3.8) is 0 Å². The fourth-order valence-corrected chi connectivity index (χ4v) is 2.28. The number of carbonyl (C=O) groups excluding carboxylic acids is 1. The van der Waals surface area contributed by atoms with Crippen LogP contribution in [0, 0.1) is 6.92 Å². The van der Waals surface area contributed by atoms with Gasteiger partial charge in [0.15, 0.2) is 0 Å². The minimum absolute atomic E-state index is 0.277. The standard InChI is InChI=1S/C14H11Cl3N2O/c1-7-4-12(17)13(6-11(7)16)19-14(20)9-5-8(18)2-3-10(9)15/h2-6H,18H2,1H3,(H,19,20). The van der Waals surface area contributed by atoms with Crippen molar-refractivity contribution in [1.82, 2.24) is 0 Å². The molecule has 0 unspecified atom stereocenters. The van der Waals surface area contributed by atoms with Crippen molar-refractivity contribution in [2.24, 2.45) is 0 Å². The Morgan fingerprint density at radius 2 is 1.75 bits per heavy atom. The van der Waals surface area contributed by atoms with Gasteiger partial charge in [0.1, 0.15) is 0 Å². The third-order valence-electron chi connectivity index (χ3n) is 2.73. The second-order valence-corrected chi connectivity index (χ2v) is 5.50. The Bertz CT molecular complexity index is 686. The number of nitrogens with two attached hydrogens (primary N) is 1. The van der Waals surface area contributed by atoms with Gasteiger partial charge in [0, 0.05) is 10.7 Å². The van der Waals surface area contributed by atoms with E-state index in [9.17, 15) is 4.79 Å². The highest BCUT2D eigenvalue weighted by molar-refractivity contribution is 6.37. The van der Waals surface area contributed by atoms with Crippen LogP contribution in [0.3, 0.4) is 0 Å². The molecule has 0 aromatic heterocycles. The third-order valence-corrected chi connectivity index (χ3v) is 3.78. The summed E-state index contributed by atoms with van der Waals surface area (Å²) in [6.07, 6.45) is 0. The van der Waals surface area contributed by atoms with Crippen molar-refractivity contribution in [2.75, 3.05) is 11.1 Å². The van der Waals surface area contributed by atoms with Crippen LogP contribution in [0.4, 0.5) is 11.4 Å². The number of hydrogen-bond acceptors (Lipinski definition) is 2. The van der Waals surface area contributed by atoms with E-state index in [4.69, 9.17) is 40.5 Å². The molecule has 0 fully saturated rings. The minimum Gasteiger partial charge on any atom is -0.399 e. The highest BCUT2D eigenvalue weighted by Crippen LogP contribution is 2.30. The van der Waals surface area contributed by atoms with E-state index in [-0.39, 0.29) is 5.56 Å². The Morgan fingerprint density at radius 3 is 2.45 bits per heavy atom. The second kappa shape index (κ2) is 5.92. The molecule has 20 heavy (non-hydrogen) atoms. The molecule has 0 aliphatic heterocycles. The molecule has 0 atom stereocenters. The fraction of sp³-hybridized carbons (Fsp3) is 0.0714. The van der Waals surface area contributed by atoms with E-state index in [1.54, 1.807) is 24.3 Å². The first-order valence-corrected chi connectivity index (χ1v) is 6.84. The summed E-state index contributed by atoms with van der Waals surface area (Å²) in [6.45, 7) is 1.83. The van der Waals surface area contributed by atoms with Crippen molar-refractivity contribution in [1.29, 1.82) is 0 Å². The second-order valence-electron chi connectivity index (χ2n) is 4.27. The van der Waals surface area contributed by atoms with Gasteiger partial charge in [-0.1, -0.05) is 34.8 Å². The lowest BCUT2D eigenvalue weighted by atomic mass is 10.1.